The molecule has 0 N–H and O–H groups in total. The van der Waals surface area contributed by atoms with E-state index in [9.17, 15) is 4.79 Å². The molecule has 0 aliphatic rings. The van der Waals surface area contributed by atoms with E-state index >= 15 is 0 Å². The van der Waals surface area contributed by atoms with Crippen molar-refractivity contribution in [3.05, 3.63) is 25.4 Å². The van der Waals surface area contributed by atoms with Crippen molar-refractivity contribution in [2.45, 2.75) is 13.0 Å². The van der Waals surface area contributed by atoms with Crippen molar-refractivity contribution in [1.29, 1.82) is 5.26 Å². The first-order chi connectivity index (χ1) is 6.07. The van der Waals surface area contributed by atoms with Crippen LogP contribution in [-0.4, -0.2) is 9.55 Å². The average molecular weight is 309 g/mol. The van der Waals surface area contributed by atoms with Gasteiger partial charge < -0.3 is 0 Å². The average Bonchev–Trinajstić information content (AvgIpc) is 2.13. The molecule has 1 atom stereocenters. The Hall–Kier alpha value is -0.610. The van der Waals surface area contributed by atoms with E-state index < -0.39 is 6.04 Å². The Morgan fingerprint density at radius 3 is 3.00 bits per heavy atom. The molecule has 6 heteroatoms. The van der Waals surface area contributed by atoms with E-state index in [4.69, 9.17) is 16.9 Å². The first-order valence-corrected chi connectivity index (χ1v) is 4.85. The number of hydrogen-bond donors (Lipinski definition) is 0. The molecule has 1 rings (SSSR count). The Balaban J connectivity index is 3.37. The first kappa shape index (κ1) is 10.5. The van der Waals surface area contributed by atoms with Crippen molar-refractivity contribution < 1.29 is 0 Å². The molecule has 0 saturated heterocycles. The fraction of sp³-hybridized carbons (Fsp3) is 0.286. The number of rotatable bonds is 1. The lowest BCUT2D eigenvalue weighted by molar-refractivity contribution is 0.628. The topological polar surface area (TPSA) is 58.7 Å². The van der Waals surface area contributed by atoms with E-state index in [0.29, 0.717) is 3.57 Å². The number of aromatic nitrogens is 2. The molecule has 68 valence electrons. The van der Waals surface area contributed by atoms with Gasteiger partial charge in [0.15, 0.2) is 0 Å². The van der Waals surface area contributed by atoms with Gasteiger partial charge in [0.05, 0.1) is 6.07 Å². The normalized spacial score (nSPS) is 12.2. The summed E-state index contributed by atoms with van der Waals surface area (Å²) >= 11 is 7.43. The fourth-order valence-corrected chi connectivity index (χ4v) is 1.30. The van der Waals surface area contributed by atoms with Crippen LogP contribution in [0.25, 0.3) is 0 Å². The number of nitrogens with zero attached hydrogens (tertiary/aromatic N) is 3. The maximum absolute atomic E-state index is 11.5. The highest BCUT2D eigenvalue weighted by Crippen LogP contribution is 2.11. The summed E-state index contributed by atoms with van der Waals surface area (Å²) in [5.41, 5.74) is -0.283. The zero-order valence-corrected chi connectivity index (χ0v) is 9.57. The molecule has 0 bridgehead atoms. The molecule has 0 amide bonds. The molecule has 0 aliphatic carbocycles. The largest absolute Gasteiger partial charge is 0.282 e. The van der Waals surface area contributed by atoms with Crippen LogP contribution in [0.5, 0.6) is 0 Å². The van der Waals surface area contributed by atoms with Gasteiger partial charge in [0, 0.05) is 0 Å². The van der Waals surface area contributed by atoms with Gasteiger partial charge in [-0.15, -0.1) is 0 Å². The van der Waals surface area contributed by atoms with Gasteiger partial charge in [-0.05, 0) is 29.5 Å². The van der Waals surface area contributed by atoms with Crippen LogP contribution in [-0.2, 0) is 0 Å². The SMILES string of the molecule is CC(C#N)n1cnc(Cl)c(I)c1=O. The van der Waals surface area contributed by atoms with Gasteiger partial charge in [-0.1, -0.05) is 11.6 Å². The highest BCUT2D eigenvalue weighted by molar-refractivity contribution is 14.1. The molecule has 13 heavy (non-hydrogen) atoms. The maximum Gasteiger partial charge on any atom is 0.269 e. The zero-order valence-electron chi connectivity index (χ0n) is 6.66. The molecule has 0 aliphatic heterocycles. The standard InChI is InChI=1S/C7H5ClIN3O/c1-4(2-10)12-3-11-6(8)5(9)7(12)13/h3-4H,1H3. The Bertz CT molecular complexity index is 423. The quantitative estimate of drug-likeness (QED) is 0.584. The third-order valence-corrected chi connectivity index (χ3v) is 3.08. The van der Waals surface area contributed by atoms with Gasteiger partial charge in [-0.3, -0.25) is 9.36 Å². The number of hydrogen-bond acceptors (Lipinski definition) is 3. The van der Waals surface area contributed by atoms with Crippen molar-refractivity contribution in [1.82, 2.24) is 9.55 Å². The van der Waals surface area contributed by atoms with Crippen LogP contribution in [0.1, 0.15) is 13.0 Å². The second kappa shape index (κ2) is 4.07. The lowest BCUT2D eigenvalue weighted by atomic mass is 10.4. The fourth-order valence-electron chi connectivity index (χ4n) is 0.762. The highest BCUT2D eigenvalue weighted by atomic mass is 127. The lowest BCUT2D eigenvalue weighted by Gasteiger charge is -2.06. The summed E-state index contributed by atoms with van der Waals surface area (Å²) < 4.78 is 1.58. The molecule has 1 aromatic rings. The van der Waals surface area contributed by atoms with E-state index in [1.54, 1.807) is 29.5 Å². The van der Waals surface area contributed by atoms with Crippen LogP contribution in [0.2, 0.25) is 5.15 Å². The van der Waals surface area contributed by atoms with Crippen molar-refractivity contribution in [3.63, 3.8) is 0 Å². The Morgan fingerprint density at radius 1 is 1.85 bits per heavy atom. The Labute approximate surface area is 93.3 Å². The van der Waals surface area contributed by atoms with Gasteiger partial charge in [-0.2, -0.15) is 5.26 Å². The van der Waals surface area contributed by atoms with Crippen molar-refractivity contribution in [2.24, 2.45) is 0 Å². The van der Waals surface area contributed by atoms with E-state index in [2.05, 4.69) is 4.98 Å². The number of halogens is 2. The monoisotopic (exact) mass is 309 g/mol. The summed E-state index contributed by atoms with van der Waals surface area (Å²) in [4.78, 5) is 15.2. The third-order valence-electron chi connectivity index (χ3n) is 1.50. The number of nitriles is 1. The molecule has 1 unspecified atom stereocenters. The summed E-state index contributed by atoms with van der Waals surface area (Å²) in [6, 6.07) is 1.42. The predicted molar refractivity (Wildman–Crippen MR) is 56.5 cm³/mol. The Kier molecular flexibility index (Phi) is 3.27. The summed E-state index contributed by atoms with van der Waals surface area (Å²) in [7, 11) is 0. The lowest BCUT2D eigenvalue weighted by Crippen LogP contribution is -2.25. The van der Waals surface area contributed by atoms with Crippen molar-refractivity contribution in [3.8, 4) is 6.07 Å². The molecule has 0 spiro atoms. The van der Waals surface area contributed by atoms with Gasteiger partial charge in [0.1, 0.15) is 21.1 Å². The molecule has 0 aromatic carbocycles. The maximum atomic E-state index is 11.5. The van der Waals surface area contributed by atoms with E-state index in [1.165, 1.54) is 10.9 Å². The van der Waals surface area contributed by atoms with Gasteiger partial charge in [0.2, 0.25) is 0 Å². The minimum atomic E-state index is -0.522. The van der Waals surface area contributed by atoms with Crippen LogP contribution in [0.4, 0.5) is 0 Å². The minimum absolute atomic E-state index is 0.173. The van der Waals surface area contributed by atoms with E-state index in [1.807, 2.05) is 6.07 Å². The molecule has 1 heterocycles. The molecule has 0 saturated carbocycles. The third kappa shape index (κ3) is 2.00. The zero-order chi connectivity index (χ0) is 10.0. The predicted octanol–water partition coefficient (Wildman–Crippen LogP) is 1.59. The van der Waals surface area contributed by atoms with Gasteiger partial charge >= 0.3 is 0 Å². The molecule has 4 nitrogen and oxygen atoms in total. The molecule has 0 fully saturated rings. The van der Waals surface area contributed by atoms with Crippen LogP contribution < -0.4 is 5.56 Å². The van der Waals surface area contributed by atoms with Crippen LogP contribution in [0.15, 0.2) is 11.1 Å². The summed E-state index contributed by atoms with van der Waals surface area (Å²) in [6.07, 6.45) is 1.28. The second-order valence-corrected chi connectivity index (χ2v) is 3.80. The molecule has 1 aromatic heterocycles. The smallest absolute Gasteiger partial charge is 0.269 e. The van der Waals surface area contributed by atoms with Gasteiger partial charge in [0.25, 0.3) is 5.56 Å². The molecule has 0 radical (unpaired) electrons. The van der Waals surface area contributed by atoms with Crippen LogP contribution >= 0.6 is 34.2 Å². The summed E-state index contributed by atoms with van der Waals surface area (Å²) in [5.74, 6) is 0. The van der Waals surface area contributed by atoms with E-state index in [-0.39, 0.29) is 10.7 Å². The van der Waals surface area contributed by atoms with Crippen LogP contribution in [0, 0.1) is 14.9 Å². The van der Waals surface area contributed by atoms with E-state index in [0.717, 1.165) is 0 Å². The highest BCUT2D eigenvalue weighted by Gasteiger charge is 2.10. The molecular weight excluding hydrogens is 304 g/mol. The summed E-state index contributed by atoms with van der Waals surface area (Å²) in [6.45, 7) is 1.62. The minimum Gasteiger partial charge on any atom is -0.282 e. The molecular formula is C7H5ClIN3O. The Morgan fingerprint density at radius 2 is 2.46 bits per heavy atom. The van der Waals surface area contributed by atoms with Crippen molar-refractivity contribution >= 4 is 34.2 Å². The van der Waals surface area contributed by atoms with Crippen molar-refractivity contribution in [2.75, 3.05) is 0 Å². The van der Waals surface area contributed by atoms with Gasteiger partial charge in [-0.25, -0.2) is 4.98 Å². The summed E-state index contributed by atoms with van der Waals surface area (Å²) in [5, 5.41) is 8.77. The first-order valence-electron chi connectivity index (χ1n) is 3.39. The second-order valence-electron chi connectivity index (χ2n) is 2.37. The van der Waals surface area contributed by atoms with Crippen LogP contribution in [0.3, 0.4) is 0 Å².